The zero-order chi connectivity index (χ0) is 32.5. The molecular weight excluding hydrogens is 674 g/mol. The van der Waals surface area contributed by atoms with E-state index in [0.717, 1.165) is 0 Å². The number of halogens is 1. The highest BCUT2D eigenvalue weighted by molar-refractivity contribution is 8.07. The molecule has 3 fully saturated rings. The van der Waals surface area contributed by atoms with Gasteiger partial charge in [-0.25, -0.2) is 29.3 Å². The number of ether oxygens (including phenoxy) is 3. The molecule has 3 aliphatic rings. The Morgan fingerprint density at radius 3 is 2.52 bits per heavy atom. The Labute approximate surface area is 264 Å². The topological polar surface area (TPSA) is 235 Å². The molecule has 4 aromatic heterocycles. The van der Waals surface area contributed by atoms with Crippen molar-refractivity contribution in [2.75, 3.05) is 26.1 Å². The number of nitrogens with two attached hydrogens (primary N) is 1. The van der Waals surface area contributed by atoms with E-state index >= 15 is 4.39 Å². The number of rotatable bonds is 3. The fourth-order valence-corrected chi connectivity index (χ4v) is 7.72. The predicted molar refractivity (Wildman–Crippen MR) is 162 cm³/mol. The third-order valence-electron chi connectivity index (χ3n) is 7.52. The quantitative estimate of drug-likeness (QED) is 0.180. The van der Waals surface area contributed by atoms with Gasteiger partial charge in [-0.1, -0.05) is 0 Å². The van der Waals surface area contributed by atoms with Crippen LogP contribution in [0.15, 0.2) is 23.8 Å². The predicted octanol–water partition coefficient (Wildman–Crippen LogP) is -0.494. The molecule has 0 saturated carbocycles. The summed E-state index contributed by atoms with van der Waals surface area (Å²) < 4.78 is 73.9. The van der Waals surface area contributed by atoms with Crippen LogP contribution >= 0.6 is 14.2 Å². The number of alkyl halides is 1. The molecule has 0 spiro atoms. The lowest BCUT2D eigenvalue weighted by molar-refractivity contribution is -0.0592. The molecule has 3 saturated heterocycles. The highest BCUT2D eigenvalue weighted by atomic mass is 32.5. The van der Waals surface area contributed by atoms with Gasteiger partial charge < -0.3 is 48.0 Å². The summed E-state index contributed by atoms with van der Waals surface area (Å²) in [5.41, 5.74) is 6.07. The normalized spacial score (nSPS) is 37.2. The van der Waals surface area contributed by atoms with Crippen molar-refractivity contribution in [3.63, 3.8) is 0 Å². The van der Waals surface area contributed by atoms with Crippen molar-refractivity contribution in [2.45, 2.75) is 56.1 Å². The largest absolute Gasteiger partial charge is 0.382 e. The van der Waals surface area contributed by atoms with Crippen LogP contribution in [0.5, 0.6) is 0 Å². The van der Waals surface area contributed by atoms with Crippen molar-refractivity contribution in [2.24, 2.45) is 0 Å². The number of nitrogens with one attached hydrogen (secondary N) is 1. The lowest BCUT2D eigenvalue weighted by Gasteiger charge is -2.29. The third-order valence-corrected chi connectivity index (χ3v) is 9.85. The maximum atomic E-state index is 16.1. The molecule has 0 aromatic carbocycles. The molecule has 10 atom stereocenters. The first-order chi connectivity index (χ1) is 21.9. The van der Waals surface area contributed by atoms with E-state index in [1.54, 1.807) is 6.92 Å². The number of methoxy groups -OCH3 is 1. The molecule has 2 bridgehead atoms. The summed E-state index contributed by atoms with van der Waals surface area (Å²) in [5, 5.41) is 0. The van der Waals surface area contributed by atoms with Crippen molar-refractivity contribution in [1.29, 1.82) is 0 Å². The van der Waals surface area contributed by atoms with Crippen LogP contribution < -0.4 is 11.3 Å². The van der Waals surface area contributed by atoms with Gasteiger partial charge in [-0.15, -0.1) is 0 Å². The fourth-order valence-electron chi connectivity index (χ4n) is 5.54. The van der Waals surface area contributed by atoms with Crippen molar-refractivity contribution in [3.05, 3.63) is 35.2 Å². The van der Waals surface area contributed by atoms with E-state index in [1.807, 2.05) is 0 Å². The first-order valence-electron chi connectivity index (χ1n) is 13.3. The van der Waals surface area contributed by atoms with E-state index in [9.17, 15) is 14.3 Å². The van der Waals surface area contributed by atoms with E-state index in [-0.39, 0.29) is 34.8 Å². The number of imidazole rings is 2. The van der Waals surface area contributed by atoms with Crippen molar-refractivity contribution in [3.8, 4) is 0 Å². The molecule has 3 aliphatic heterocycles. The average molecular weight is 702 g/mol. The number of anilines is 1. The molecule has 24 heteroatoms. The van der Waals surface area contributed by atoms with Gasteiger partial charge in [0.2, 0.25) is 0 Å². The highest BCUT2D eigenvalue weighted by Crippen LogP contribution is 2.54. The van der Waals surface area contributed by atoms with Gasteiger partial charge in [0, 0.05) is 7.11 Å². The third kappa shape index (κ3) is 5.60. The number of hydrogen-bond acceptors (Lipinski definition) is 16. The Balaban J connectivity index is 1.22. The van der Waals surface area contributed by atoms with E-state index in [4.69, 9.17) is 49.8 Å². The number of aromatic amines is 1. The van der Waals surface area contributed by atoms with Crippen LogP contribution in [0.25, 0.3) is 22.3 Å². The Morgan fingerprint density at radius 1 is 1.07 bits per heavy atom. The van der Waals surface area contributed by atoms with Crippen LogP contribution in [0, 0.1) is 6.92 Å². The molecule has 4 N–H and O–H groups in total. The Bertz CT molecular complexity index is 1970. The minimum atomic E-state index is -4.15. The molecular formula is C22H28BFN9O10P2S-. The molecule has 19 nitrogen and oxygen atoms in total. The summed E-state index contributed by atoms with van der Waals surface area (Å²) in [5.74, 6) is 0.412. The van der Waals surface area contributed by atoms with Crippen LogP contribution in [-0.4, -0.2) is 109 Å². The lowest BCUT2D eigenvalue weighted by atomic mass is 10.1. The number of hydrogen-bond donors (Lipinski definition) is 3. The summed E-state index contributed by atoms with van der Waals surface area (Å²) in [4.78, 5) is 47.1. The summed E-state index contributed by atoms with van der Waals surface area (Å²) in [6.45, 7) is -3.37. The molecule has 46 heavy (non-hydrogen) atoms. The van der Waals surface area contributed by atoms with Gasteiger partial charge in [-0.05, 0) is 18.7 Å². The minimum Gasteiger partial charge on any atom is -0.382 e. The van der Waals surface area contributed by atoms with Crippen LogP contribution in [0.1, 0.15) is 18.3 Å². The summed E-state index contributed by atoms with van der Waals surface area (Å²) in [6.07, 6.45) is -6.23. The molecule has 248 valence electrons. The van der Waals surface area contributed by atoms with Crippen molar-refractivity contribution in [1.82, 2.24) is 39.0 Å². The number of H-pyrrole nitrogens is 1. The van der Waals surface area contributed by atoms with E-state index < -0.39 is 83.1 Å². The number of nitrogen functional groups attached to an aromatic ring is 1. The molecule has 0 radical (unpaired) electrons. The smallest absolute Gasteiger partial charge is 0.325 e. The van der Waals surface area contributed by atoms with Crippen LogP contribution in [-0.2, 0) is 48.7 Å². The molecule has 7 heterocycles. The first kappa shape index (κ1) is 31.8. The first-order valence-corrected chi connectivity index (χ1v) is 17.0. The fraction of sp³-hybridized carbons (Fsp3) is 0.545. The second kappa shape index (κ2) is 11.7. The number of aryl methyl sites for hydroxylation is 1. The molecule has 0 amide bonds. The number of aromatic nitrogens is 8. The van der Waals surface area contributed by atoms with Gasteiger partial charge >= 0.3 is 6.72 Å². The standard InChI is InChI=1S/C22H28BFN9O10P2S/c1-8-30-19-13(20(34)31-8)29-7-33(19)22-16-15(37-2)10(41-22)3-38-44(23,35)42-14-9(4-39-45(36,46)43-16)40-21(11(14)24)32-6-28-12-17(25)26-5-27-18(12)32/h5-7,9-11,14-16,21-22H,3-4H2,1-2,23H3,(H,36,46)(H2,25,26,27)(H,30,31,34)/q-1/t9?,10?,11?,14?,15?,16?,21?,22?,44-,45?/m0/s1. The lowest BCUT2D eigenvalue weighted by Crippen LogP contribution is -2.37. The maximum absolute atomic E-state index is 16.1. The van der Waals surface area contributed by atoms with Crippen LogP contribution in [0.3, 0.4) is 0 Å². The van der Waals surface area contributed by atoms with Gasteiger partial charge in [0.15, 0.2) is 41.3 Å². The Hall–Kier alpha value is -2.75. The van der Waals surface area contributed by atoms with Gasteiger partial charge in [0.1, 0.15) is 55.7 Å². The second-order valence-corrected chi connectivity index (χ2v) is 14.0. The average Bonchev–Trinajstić information content (AvgIpc) is 3.75. The van der Waals surface area contributed by atoms with Gasteiger partial charge in [-0.2, -0.15) is 0 Å². The molecule has 7 rings (SSSR count). The zero-order valence-corrected chi connectivity index (χ0v) is 25.9. The molecule has 4 aromatic rings. The maximum Gasteiger partial charge on any atom is 0.325 e. The number of fused-ring (bicyclic) bond motifs is 5. The number of nitrogens with zero attached hydrogens (tertiary/aromatic N) is 7. The van der Waals surface area contributed by atoms with Gasteiger partial charge in [-0.3, -0.25) is 18.5 Å². The molecule has 0 aliphatic carbocycles. The minimum absolute atomic E-state index is 0.0394. The highest BCUT2D eigenvalue weighted by Gasteiger charge is 2.53. The summed E-state index contributed by atoms with van der Waals surface area (Å²) >= 11 is 5.37. The van der Waals surface area contributed by atoms with Gasteiger partial charge in [0.05, 0.1) is 33.4 Å². The Morgan fingerprint density at radius 2 is 1.76 bits per heavy atom. The monoisotopic (exact) mass is 702 g/mol. The van der Waals surface area contributed by atoms with E-state index in [1.165, 1.54) is 35.2 Å². The Kier molecular flexibility index (Phi) is 8.13. The van der Waals surface area contributed by atoms with E-state index in [0.29, 0.717) is 5.82 Å². The van der Waals surface area contributed by atoms with Crippen LogP contribution in [0.4, 0.5) is 10.2 Å². The zero-order valence-electron chi connectivity index (χ0n) is 23.3. The SMILES string of the molecule is [BH3-][P@]1(=O)OCC2OC(n3cnc4c(=O)[nH]c(C)nc43)C(OP(O)(=S)OCC3OC(n4cnc5c(N)ncnc54)C(F)C3O1)C2OC. The van der Waals surface area contributed by atoms with Crippen LogP contribution in [0.2, 0.25) is 0 Å². The van der Waals surface area contributed by atoms with Crippen molar-refractivity contribution >= 4 is 61.7 Å². The second-order valence-electron chi connectivity index (χ2n) is 10.3. The summed E-state index contributed by atoms with van der Waals surface area (Å²) in [7, 11) is -3.61. The van der Waals surface area contributed by atoms with Crippen molar-refractivity contribution < 1.29 is 46.2 Å². The molecule has 9 unspecified atom stereocenters. The van der Waals surface area contributed by atoms with Gasteiger partial charge in [0.25, 0.3) is 5.56 Å². The van der Waals surface area contributed by atoms with E-state index in [2.05, 4.69) is 29.9 Å². The summed E-state index contributed by atoms with van der Waals surface area (Å²) in [6, 6.07) is 0.